The molecule has 4 nitrogen and oxygen atoms in total. The third-order valence-corrected chi connectivity index (χ3v) is 5.22. The summed E-state index contributed by atoms with van der Waals surface area (Å²) < 4.78 is 26.7. The third kappa shape index (κ3) is 4.89. The van der Waals surface area contributed by atoms with Crippen molar-refractivity contribution in [2.45, 2.75) is 38.0 Å². The van der Waals surface area contributed by atoms with E-state index < -0.39 is 10.0 Å². The predicted octanol–water partition coefficient (Wildman–Crippen LogP) is 1.98. The molecule has 1 aliphatic rings. The molecule has 0 saturated carbocycles. The van der Waals surface area contributed by atoms with Crippen LogP contribution < -0.4 is 4.72 Å². The number of hydrogen-bond donors (Lipinski definition) is 1. The Bertz CT molecular complexity index is 502. The fraction of sp³-hybridized carbons (Fsp3) is 0.600. The summed E-state index contributed by atoms with van der Waals surface area (Å²) in [5, 5.41) is 0. The highest BCUT2D eigenvalue weighted by molar-refractivity contribution is 7.88. The molecule has 1 aliphatic heterocycles. The van der Waals surface area contributed by atoms with Crippen LogP contribution >= 0.6 is 0 Å². The highest BCUT2D eigenvalue weighted by atomic mass is 32.2. The van der Waals surface area contributed by atoms with Crippen molar-refractivity contribution in [1.29, 1.82) is 0 Å². The molecule has 1 fully saturated rings. The minimum Gasteiger partial charge on any atom is -0.299 e. The van der Waals surface area contributed by atoms with Gasteiger partial charge in [-0.05, 0) is 31.9 Å². The molecule has 0 amide bonds. The predicted molar refractivity (Wildman–Crippen MR) is 82.0 cm³/mol. The Morgan fingerprint density at radius 3 is 2.70 bits per heavy atom. The van der Waals surface area contributed by atoms with Crippen molar-refractivity contribution in [2.75, 3.05) is 19.6 Å². The highest BCUT2D eigenvalue weighted by Gasteiger charge is 2.18. The van der Waals surface area contributed by atoms with Crippen molar-refractivity contribution in [1.82, 2.24) is 9.62 Å². The van der Waals surface area contributed by atoms with E-state index in [4.69, 9.17) is 0 Å². The van der Waals surface area contributed by atoms with Crippen LogP contribution in [0.2, 0.25) is 0 Å². The number of nitrogens with one attached hydrogen (secondary N) is 1. The van der Waals surface area contributed by atoms with Crippen LogP contribution in [0.1, 0.15) is 31.7 Å². The molecule has 5 heteroatoms. The largest absolute Gasteiger partial charge is 0.299 e. The summed E-state index contributed by atoms with van der Waals surface area (Å²) in [5.41, 5.74) is 0.825. The molecule has 0 aliphatic carbocycles. The second-order valence-corrected chi connectivity index (χ2v) is 7.33. The molecule has 0 radical (unpaired) electrons. The van der Waals surface area contributed by atoms with E-state index >= 15 is 0 Å². The van der Waals surface area contributed by atoms with E-state index in [1.165, 1.54) is 19.3 Å². The van der Waals surface area contributed by atoms with Gasteiger partial charge in [0.25, 0.3) is 0 Å². The summed E-state index contributed by atoms with van der Waals surface area (Å²) in [6.45, 7) is 4.61. The zero-order valence-electron chi connectivity index (χ0n) is 12.1. The van der Waals surface area contributed by atoms with Crippen molar-refractivity contribution in [3.8, 4) is 0 Å². The first-order valence-electron chi connectivity index (χ1n) is 7.32. The summed E-state index contributed by atoms with van der Waals surface area (Å²) in [6.07, 6.45) is 3.73. The van der Waals surface area contributed by atoms with Crippen molar-refractivity contribution in [3.05, 3.63) is 35.9 Å². The minimum atomic E-state index is -3.23. The Hall–Kier alpha value is -0.910. The average molecular weight is 296 g/mol. The quantitative estimate of drug-likeness (QED) is 0.873. The van der Waals surface area contributed by atoms with Crippen LogP contribution in [-0.4, -0.2) is 39.0 Å². The number of likely N-dealkylation sites (tertiary alicyclic amines) is 1. The first kappa shape index (κ1) is 15.5. The zero-order chi connectivity index (χ0) is 14.4. The van der Waals surface area contributed by atoms with Crippen LogP contribution in [-0.2, 0) is 15.8 Å². The standard InChI is InChI=1S/C15H24N2O2S/c1-14-7-5-6-11-17(14)12-10-16-20(18,19)13-15-8-3-2-4-9-15/h2-4,8-9,14,16H,5-7,10-13H2,1H3. The van der Waals surface area contributed by atoms with Crippen LogP contribution in [0.4, 0.5) is 0 Å². The number of benzene rings is 1. The van der Waals surface area contributed by atoms with Crippen LogP contribution in [0, 0.1) is 0 Å². The highest BCUT2D eigenvalue weighted by Crippen LogP contribution is 2.15. The maximum Gasteiger partial charge on any atom is 0.215 e. The van der Waals surface area contributed by atoms with Gasteiger partial charge in [0.1, 0.15) is 0 Å². The molecule has 1 aromatic rings. The molecule has 0 spiro atoms. The van der Waals surface area contributed by atoms with E-state index in [1.54, 1.807) is 0 Å². The van der Waals surface area contributed by atoms with Gasteiger partial charge in [-0.1, -0.05) is 36.8 Å². The Kier molecular flexibility index (Phi) is 5.57. The van der Waals surface area contributed by atoms with Crippen molar-refractivity contribution < 1.29 is 8.42 Å². The van der Waals surface area contributed by atoms with E-state index in [0.717, 1.165) is 18.7 Å². The van der Waals surface area contributed by atoms with Gasteiger partial charge >= 0.3 is 0 Å². The number of piperidine rings is 1. The minimum absolute atomic E-state index is 0.0589. The van der Waals surface area contributed by atoms with Gasteiger partial charge in [-0.3, -0.25) is 4.90 Å². The Morgan fingerprint density at radius 1 is 1.25 bits per heavy atom. The molecule has 1 saturated heterocycles. The van der Waals surface area contributed by atoms with Gasteiger partial charge in [0, 0.05) is 19.1 Å². The van der Waals surface area contributed by atoms with Crippen LogP contribution in [0.5, 0.6) is 0 Å². The van der Waals surface area contributed by atoms with Crippen molar-refractivity contribution >= 4 is 10.0 Å². The van der Waals surface area contributed by atoms with E-state index in [2.05, 4.69) is 16.5 Å². The first-order valence-corrected chi connectivity index (χ1v) is 8.97. The Labute approximate surface area is 122 Å². The Morgan fingerprint density at radius 2 is 2.00 bits per heavy atom. The average Bonchev–Trinajstić information content (AvgIpc) is 2.41. The van der Waals surface area contributed by atoms with Crippen LogP contribution in [0.25, 0.3) is 0 Å². The molecule has 1 atom stereocenters. The summed E-state index contributed by atoms with van der Waals surface area (Å²) >= 11 is 0. The maximum absolute atomic E-state index is 12.0. The maximum atomic E-state index is 12.0. The molecule has 1 N–H and O–H groups in total. The lowest BCUT2D eigenvalue weighted by Crippen LogP contribution is -2.42. The zero-order valence-corrected chi connectivity index (χ0v) is 12.9. The summed E-state index contributed by atoms with van der Waals surface area (Å²) in [6, 6.07) is 9.86. The molecule has 2 rings (SSSR count). The van der Waals surface area contributed by atoms with Crippen molar-refractivity contribution in [2.24, 2.45) is 0 Å². The number of hydrogen-bond acceptors (Lipinski definition) is 3. The summed E-state index contributed by atoms with van der Waals surface area (Å²) in [4.78, 5) is 2.37. The number of rotatable bonds is 6. The van der Waals surface area contributed by atoms with Gasteiger partial charge in [-0.2, -0.15) is 0 Å². The summed E-state index contributed by atoms with van der Waals surface area (Å²) in [5.74, 6) is 0.0589. The molecule has 112 valence electrons. The fourth-order valence-electron chi connectivity index (χ4n) is 2.68. The molecule has 20 heavy (non-hydrogen) atoms. The summed E-state index contributed by atoms with van der Waals surface area (Å²) in [7, 11) is -3.23. The van der Waals surface area contributed by atoms with Gasteiger partial charge < -0.3 is 0 Å². The van der Waals surface area contributed by atoms with E-state index in [-0.39, 0.29) is 5.75 Å². The lowest BCUT2D eigenvalue weighted by Gasteiger charge is -2.33. The first-order chi connectivity index (χ1) is 9.57. The second-order valence-electron chi connectivity index (χ2n) is 5.52. The van der Waals surface area contributed by atoms with E-state index in [0.29, 0.717) is 12.6 Å². The molecule has 0 bridgehead atoms. The van der Waals surface area contributed by atoms with Gasteiger partial charge in [-0.15, -0.1) is 0 Å². The topological polar surface area (TPSA) is 49.4 Å². The SMILES string of the molecule is CC1CCCCN1CCNS(=O)(=O)Cc1ccccc1. The van der Waals surface area contributed by atoms with Gasteiger partial charge in [0.15, 0.2) is 0 Å². The van der Waals surface area contributed by atoms with E-state index in [1.807, 2.05) is 30.3 Å². The van der Waals surface area contributed by atoms with Gasteiger partial charge in [0.05, 0.1) is 5.75 Å². The second kappa shape index (κ2) is 7.20. The lowest BCUT2D eigenvalue weighted by atomic mass is 10.0. The molecular weight excluding hydrogens is 272 g/mol. The normalized spacial score (nSPS) is 20.9. The molecule has 1 unspecified atom stereocenters. The lowest BCUT2D eigenvalue weighted by molar-refractivity contribution is 0.164. The molecule has 1 heterocycles. The van der Waals surface area contributed by atoms with Gasteiger partial charge in [-0.25, -0.2) is 13.1 Å². The smallest absolute Gasteiger partial charge is 0.215 e. The number of sulfonamides is 1. The Balaban J connectivity index is 1.78. The van der Waals surface area contributed by atoms with Gasteiger partial charge in [0.2, 0.25) is 10.0 Å². The van der Waals surface area contributed by atoms with Crippen LogP contribution in [0.15, 0.2) is 30.3 Å². The van der Waals surface area contributed by atoms with Crippen LogP contribution in [0.3, 0.4) is 0 Å². The monoisotopic (exact) mass is 296 g/mol. The van der Waals surface area contributed by atoms with E-state index in [9.17, 15) is 8.42 Å². The fourth-order valence-corrected chi connectivity index (χ4v) is 3.81. The molecular formula is C15H24N2O2S. The van der Waals surface area contributed by atoms with Crippen molar-refractivity contribution in [3.63, 3.8) is 0 Å². The third-order valence-electron chi connectivity index (χ3n) is 3.86. The molecule has 1 aromatic carbocycles. The number of nitrogens with zero attached hydrogens (tertiary/aromatic N) is 1. The molecule has 0 aromatic heterocycles.